The van der Waals surface area contributed by atoms with E-state index in [1.165, 1.54) is 77.9 Å². The van der Waals surface area contributed by atoms with Crippen LogP contribution in [-0.2, 0) is 42.9 Å². The Kier molecular flexibility index (Phi) is 17.8. The zero-order valence-electron chi connectivity index (χ0n) is 24.0. The van der Waals surface area contributed by atoms with Crippen LogP contribution in [0.25, 0.3) is 0 Å². The van der Waals surface area contributed by atoms with Crippen LogP contribution in [-0.4, -0.2) is 67.7 Å². The molecule has 1 saturated heterocycles. The lowest BCUT2D eigenvalue weighted by molar-refractivity contribution is -0.275. The van der Waals surface area contributed by atoms with Crippen molar-refractivity contribution in [2.24, 2.45) is 0 Å². The Labute approximate surface area is 232 Å². The fourth-order valence-corrected chi connectivity index (χ4v) is 4.34. The molecule has 0 saturated carbocycles. The number of hydrogen-bond donors (Lipinski definition) is 1. The van der Waals surface area contributed by atoms with Crippen molar-refractivity contribution < 1.29 is 42.9 Å². The minimum atomic E-state index is -1.16. The van der Waals surface area contributed by atoms with Crippen LogP contribution in [0.4, 0.5) is 0 Å². The average molecular weight is 554 g/mol. The third kappa shape index (κ3) is 14.9. The summed E-state index contributed by atoms with van der Waals surface area (Å²) in [5.74, 6) is -2.33. The smallest absolute Gasteiger partial charge is 0.303 e. The summed E-state index contributed by atoms with van der Waals surface area (Å²) < 4.78 is 27.6. The van der Waals surface area contributed by atoms with Crippen molar-refractivity contribution in [1.82, 2.24) is 5.32 Å². The Balaban J connectivity index is 2.84. The quantitative estimate of drug-likeness (QED) is 0.0819. The highest BCUT2D eigenvalue weighted by molar-refractivity contribution is 5.87. The van der Waals surface area contributed by atoms with Gasteiger partial charge in [-0.1, -0.05) is 70.4 Å². The number of rotatable bonds is 19. The van der Waals surface area contributed by atoms with Crippen molar-refractivity contribution in [1.29, 1.82) is 0 Å². The van der Waals surface area contributed by atoms with Gasteiger partial charge in [0.2, 0.25) is 5.91 Å². The molecule has 10 nitrogen and oxygen atoms in total. The van der Waals surface area contributed by atoms with Gasteiger partial charge in [-0.3, -0.25) is 19.2 Å². The number of carbonyl (C=O) groups is 4. The molecule has 0 bridgehead atoms. The molecule has 5 atom stereocenters. The van der Waals surface area contributed by atoms with Crippen LogP contribution in [0.3, 0.4) is 0 Å². The van der Waals surface area contributed by atoms with Crippen LogP contribution in [0, 0.1) is 0 Å². The fourth-order valence-electron chi connectivity index (χ4n) is 4.34. The highest BCUT2D eigenvalue weighted by Crippen LogP contribution is 2.28. The van der Waals surface area contributed by atoms with Crippen LogP contribution in [0.2, 0.25) is 0 Å². The summed E-state index contributed by atoms with van der Waals surface area (Å²) in [6, 6.07) is -1.02. The lowest BCUT2D eigenvalue weighted by Gasteiger charge is -2.44. The molecule has 1 N–H and O–H groups in total. The first kappa shape index (κ1) is 34.3. The summed E-state index contributed by atoms with van der Waals surface area (Å²) in [4.78, 5) is 48.1. The molecule has 1 fully saturated rings. The topological polar surface area (TPSA) is 126 Å². The van der Waals surface area contributed by atoms with Crippen LogP contribution in [0.1, 0.15) is 91.9 Å². The van der Waals surface area contributed by atoms with E-state index in [0.29, 0.717) is 0 Å². The Morgan fingerprint density at radius 3 is 2.00 bits per heavy atom. The van der Waals surface area contributed by atoms with Crippen LogP contribution in [0.15, 0.2) is 24.8 Å². The van der Waals surface area contributed by atoms with Gasteiger partial charge in [0.15, 0.2) is 18.5 Å². The molecule has 1 aliphatic heterocycles. The van der Waals surface area contributed by atoms with Crippen molar-refractivity contribution >= 4 is 23.8 Å². The molecule has 1 amide bonds. The highest BCUT2D eigenvalue weighted by Gasteiger charge is 2.51. The van der Waals surface area contributed by atoms with Crippen molar-refractivity contribution in [2.75, 3.05) is 13.2 Å². The van der Waals surface area contributed by atoms with Gasteiger partial charge in [-0.25, -0.2) is 0 Å². The van der Waals surface area contributed by atoms with Gasteiger partial charge >= 0.3 is 17.9 Å². The van der Waals surface area contributed by atoms with Crippen LogP contribution >= 0.6 is 0 Å². The van der Waals surface area contributed by atoms with E-state index in [0.717, 1.165) is 19.3 Å². The summed E-state index contributed by atoms with van der Waals surface area (Å²) in [7, 11) is 0. The third-order valence-corrected chi connectivity index (χ3v) is 6.13. The molecule has 0 radical (unpaired) electrons. The Bertz CT molecular complexity index is 798. The van der Waals surface area contributed by atoms with Crippen molar-refractivity contribution in [3.05, 3.63) is 24.8 Å². The minimum Gasteiger partial charge on any atom is -0.463 e. The van der Waals surface area contributed by atoms with Crippen molar-refractivity contribution in [3.63, 3.8) is 0 Å². The van der Waals surface area contributed by atoms with Gasteiger partial charge in [-0.2, -0.15) is 0 Å². The molecule has 0 aliphatic carbocycles. The zero-order chi connectivity index (χ0) is 29.0. The second-order valence-corrected chi connectivity index (χ2v) is 9.67. The molecule has 222 valence electrons. The molecular weight excluding hydrogens is 506 g/mol. The molecule has 1 aliphatic rings. The van der Waals surface area contributed by atoms with Gasteiger partial charge in [-0.05, 0) is 18.9 Å². The summed E-state index contributed by atoms with van der Waals surface area (Å²) >= 11 is 0. The third-order valence-electron chi connectivity index (χ3n) is 6.13. The lowest BCUT2D eigenvalue weighted by atomic mass is 9.96. The largest absolute Gasteiger partial charge is 0.463 e. The molecule has 0 aromatic carbocycles. The fraction of sp³-hybridized carbons (Fsp3) is 0.724. The summed E-state index contributed by atoms with van der Waals surface area (Å²) in [5, 5.41) is 2.77. The molecule has 1 heterocycles. The van der Waals surface area contributed by atoms with Gasteiger partial charge in [0, 0.05) is 20.8 Å². The molecule has 10 heteroatoms. The summed E-state index contributed by atoms with van der Waals surface area (Å²) in [5.41, 5.74) is 0. The number of hydrogen-bond acceptors (Lipinski definition) is 9. The van der Waals surface area contributed by atoms with E-state index in [-0.39, 0.29) is 13.2 Å². The Morgan fingerprint density at radius 1 is 0.846 bits per heavy atom. The number of ether oxygens (including phenoxy) is 5. The highest BCUT2D eigenvalue weighted by atomic mass is 16.7. The molecular formula is C29H47NO9. The molecule has 0 aromatic heterocycles. The maximum absolute atomic E-state index is 12.8. The number of carbonyl (C=O) groups excluding carboxylic acids is 4. The van der Waals surface area contributed by atoms with Gasteiger partial charge in [0.1, 0.15) is 18.8 Å². The summed E-state index contributed by atoms with van der Waals surface area (Å²) in [6.07, 6.45) is 12.0. The molecule has 0 spiro atoms. The maximum atomic E-state index is 12.8. The number of allylic oxidation sites excluding steroid dienone is 1. The summed E-state index contributed by atoms with van der Waals surface area (Å²) in [6.45, 7) is 9.24. The van der Waals surface area contributed by atoms with Gasteiger partial charge in [0.05, 0.1) is 6.61 Å². The van der Waals surface area contributed by atoms with Crippen molar-refractivity contribution in [2.45, 2.75) is 123 Å². The van der Waals surface area contributed by atoms with E-state index in [1.54, 1.807) is 6.08 Å². The number of unbranched alkanes of at least 4 members (excludes halogenated alkanes) is 9. The van der Waals surface area contributed by atoms with E-state index >= 15 is 0 Å². The minimum absolute atomic E-state index is 0.0663. The molecule has 0 unspecified atom stereocenters. The van der Waals surface area contributed by atoms with Gasteiger partial charge in [0.25, 0.3) is 0 Å². The van der Waals surface area contributed by atoms with E-state index in [9.17, 15) is 19.2 Å². The van der Waals surface area contributed by atoms with E-state index in [2.05, 4.69) is 18.8 Å². The van der Waals surface area contributed by atoms with E-state index in [1.807, 2.05) is 0 Å². The normalized spacial score (nSPS) is 22.7. The Morgan fingerprint density at radius 2 is 1.44 bits per heavy atom. The van der Waals surface area contributed by atoms with Crippen LogP contribution < -0.4 is 5.32 Å². The first-order chi connectivity index (χ1) is 18.7. The second kappa shape index (κ2) is 20.2. The molecule has 1 rings (SSSR count). The molecule has 39 heavy (non-hydrogen) atoms. The first-order valence-corrected chi connectivity index (χ1v) is 14.0. The van der Waals surface area contributed by atoms with Crippen molar-refractivity contribution in [3.8, 4) is 0 Å². The average Bonchev–Trinajstić information content (AvgIpc) is 2.87. The molecule has 0 aromatic rings. The second-order valence-electron chi connectivity index (χ2n) is 9.67. The first-order valence-electron chi connectivity index (χ1n) is 14.0. The monoisotopic (exact) mass is 553 g/mol. The standard InChI is InChI=1S/C29H47NO9/c1-6-8-9-10-11-12-13-14-15-16-17-18-25(34)30-26-28(38-23(5)33)27(37-22(4)32)24(20-36-21(3)31)39-29(26)35-19-7-2/h7,17-18,24,26-29H,2,6,8-16,19-20H2,1,3-5H3,(H,30,34)/b18-17+/t24-,26-,27-,28-,29-/m1/s1. The van der Waals surface area contributed by atoms with E-state index in [4.69, 9.17) is 23.7 Å². The van der Waals surface area contributed by atoms with Gasteiger partial charge < -0.3 is 29.0 Å². The maximum Gasteiger partial charge on any atom is 0.303 e. The number of amides is 1. The predicted octanol–water partition coefficient (Wildman–Crippen LogP) is 4.30. The van der Waals surface area contributed by atoms with Crippen LogP contribution in [0.5, 0.6) is 0 Å². The SMILES string of the molecule is C=CCO[C@@H]1O[C@H](COC(C)=O)[C@@H](OC(C)=O)[C@H](OC(C)=O)[C@H]1NC(=O)/C=C/CCCCCCCCCCC. The predicted molar refractivity (Wildman–Crippen MR) is 145 cm³/mol. The Hall–Kier alpha value is -2.72. The zero-order valence-corrected chi connectivity index (χ0v) is 24.0. The number of esters is 3. The lowest BCUT2D eigenvalue weighted by Crippen LogP contribution is -2.66. The number of nitrogens with one attached hydrogen (secondary N) is 1. The van der Waals surface area contributed by atoms with Gasteiger partial charge in [-0.15, -0.1) is 6.58 Å². The van der Waals surface area contributed by atoms with E-state index < -0.39 is 54.5 Å².